The molecule has 0 N–H and O–H groups in total. The van der Waals surface area contributed by atoms with Gasteiger partial charge in [0.1, 0.15) is 0 Å². The van der Waals surface area contributed by atoms with Crippen molar-refractivity contribution in [3.05, 3.63) is 63.4 Å². The van der Waals surface area contributed by atoms with Crippen LogP contribution in [0, 0.1) is 29.1 Å². The normalized spacial score (nSPS) is 11.8. The Morgan fingerprint density at radius 2 is 1.35 bits per heavy atom. The maximum atomic E-state index is 13.9. The molecule has 124 valence electrons. The van der Waals surface area contributed by atoms with Crippen molar-refractivity contribution in [2.45, 2.75) is 19.7 Å². The molecular weight excluding hydrogens is 399 g/mol. The third-order valence-corrected chi connectivity index (χ3v) is 6.64. The van der Waals surface area contributed by atoms with Crippen LogP contribution >= 0.6 is 15.9 Å². The lowest BCUT2D eigenvalue weighted by Crippen LogP contribution is -2.49. The smallest absolute Gasteiger partial charge is 0.225 e. The SMILES string of the molecule is C[Si](C)(OCc1ccccc1Br)c1c(F)c(F)c(F)c(F)c1F. The number of benzene rings is 2. The van der Waals surface area contributed by atoms with E-state index in [9.17, 15) is 22.0 Å². The first-order valence-electron chi connectivity index (χ1n) is 6.56. The quantitative estimate of drug-likeness (QED) is 0.305. The zero-order valence-corrected chi connectivity index (χ0v) is 14.8. The summed E-state index contributed by atoms with van der Waals surface area (Å²) in [5.74, 6) is -9.73. The molecule has 0 spiro atoms. The summed E-state index contributed by atoms with van der Waals surface area (Å²) in [7, 11) is -3.38. The van der Waals surface area contributed by atoms with E-state index in [2.05, 4.69) is 15.9 Å². The molecule has 0 aliphatic heterocycles. The Hall–Kier alpha value is -1.25. The molecule has 0 bridgehead atoms. The summed E-state index contributed by atoms with van der Waals surface area (Å²) in [4.78, 5) is 0. The number of rotatable bonds is 4. The van der Waals surface area contributed by atoms with Crippen LogP contribution in [0.25, 0.3) is 0 Å². The molecule has 0 saturated heterocycles. The van der Waals surface area contributed by atoms with Gasteiger partial charge in [-0.3, -0.25) is 0 Å². The first kappa shape index (κ1) is 18.1. The first-order chi connectivity index (χ1) is 10.7. The first-order valence-corrected chi connectivity index (χ1v) is 10.3. The summed E-state index contributed by atoms with van der Waals surface area (Å²) in [5, 5.41) is -0.860. The zero-order chi connectivity index (χ0) is 17.4. The van der Waals surface area contributed by atoms with Crippen LogP contribution in [0.3, 0.4) is 0 Å². The summed E-state index contributed by atoms with van der Waals surface area (Å²) in [6.45, 7) is 2.74. The van der Waals surface area contributed by atoms with Crippen LogP contribution in [0.2, 0.25) is 13.1 Å². The van der Waals surface area contributed by atoms with E-state index < -0.39 is 42.6 Å². The fraction of sp³-hybridized carbons (Fsp3) is 0.200. The third-order valence-electron chi connectivity index (χ3n) is 3.36. The van der Waals surface area contributed by atoms with Crippen molar-refractivity contribution < 1.29 is 26.4 Å². The van der Waals surface area contributed by atoms with Crippen molar-refractivity contribution in [1.82, 2.24) is 0 Å². The van der Waals surface area contributed by atoms with Crippen molar-refractivity contribution in [3.8, 4) is 0 Å². The molecule has 0 atom stereocenters. The van der Waals surface area contributed by atoms with Crippen LogP contribution in [0.4, 0.5) is 22.0 Å². The van der Waals surface area contributed by atoms with Crippen LogP contribution < -0.4 is 5.19 Å². The van der Waals surface area contributed by atoms with Crippen LogP contribution in [-0.2, 0) is 11.0 Å². The predicted octanol–water partition coefficient (Wildman–Crippen LogP) is 4.77. The molecule has 23 heavy (non-hydrogen) atoms. The van der Waals surface area contributed by atoms with Gasteiger partial charge in [0.15, 0.2) is 23.3 Å². The van der Waals surface area contributed by atoms with Gasteiger partial charge < -0.3 is 4.43 Å². The van der Waals surface area contributed by atoms with Crippen molar-refractivity contribution in [2.75, 3.05) is 0 Å². The Bertz CT molecular complexity index is 722. The van der Waals surface area contributed by atoms with E-state index in [1.807, 2.05) is 0 Å². The highest BCUT2D eigenvalue weighted by Crippen LogP contribution is 2.23. The molecule has 0 saturated carbocycles. The van der Waals surface area contributed by atoms with Crippen molar-refractivity contribution >= 4 is 29.4 Å². The van der Waals surface area contributed by atoms with E-state index in [0.29, 0.717) is 5.56 Å². The van der Waals surface area contributed by atoms with Crippen LogP contribution in [-0.4, -0.2) is 8.32 Å². The molecule has 0 fully saturated rings. The number of hydrogen-bond donors (Lipinski definition) is 0. The van der Waals surface area contributed by atoms with Crippen molar-refractivity contribution in [3.63, 3.8) is 0 Å². The van der Waals surface area contributed by atoms with Gasteiger partial charge in [-0.05, 0) is 24.7 Å². The maximum absolute atomic E-state index is 13.9. The Labute approximate surface area is 139 Å². The predicted molar refractivity (Wildman–Crippen MR) is 82.3 cm³/mol. The molecule has 8 heteroatoms. The van der Waals surface area contributed by atoms with E-state index in [1.165, 1.54) is 13.1 Å². The molecule has 1 nitrogen and oxygen atoms in total. The molecule has 0 aliphatic carbocycles. The second-order valence-corrected chi connectivity index (χ2v) is 10.00. The van der Waals surface area contributed by atoms with Gasteiger partial charge in [0.2, 0.25) is 14.1 Å². The Morgan fingerprint density at radius 3 is 1.87 bits per heavy atom. The Kier molecular flexibility index (Phi) is 5.27. The second kappa shape index (κ2) is 6.70. The highest BCUT2D eigenvalue weighted by atomic mass is 79.9. The van der Waals surface area contributed by atoms with Gasteiger partial charge in [-0.2, -0.15) is 0 Å². The molecular formula is C15H12BrF5OSi. The number of hydrogen-bond acceptors (Lipinski definition) is 1. The van der Waals surface area contributed by atoms with E-state index in [1.54, 1.807) is 24.3 Å². The minimum Gasteiger partial charge on any atom is -0.408 e. The molecule has 2 aromatic carbocycles. The zero-order valence-electron chi connectivity index (χ0n) is 12.2. The van der Waals surface area contributed by atoms with Crippen molar-refractivity contribution in [2.24, 2.45) is 0 Å². The standard InChI is InChI=1S/C15H12BrF5OSi/c1-23(2,22-7-8-5-3-4-6-9(8)16)15-13(20)11(18)10(17)12(19)14(15)21/h3-6H,7H2,1-2H3. The van der Waals surface area contributed by atoms with Crippen molar-refractivity contribution in [1.29, 1.82) is 0 Å². The monoisotopic (exact) mass is 410 g/mol. The Morgan fingerprint density at radius 1 is 0.870 bits per heavy atom. The summed E-state index contributed by atoms with van der Waals surface area (Å²) >= 11 is 3.30. The lowest BCUT2D eigenvalue weighted by Gasteiger charge is -2.25. The van der Waals surface area contributed by atoms with Gasteiger partial charge in [-0.15, -0.1) is 0 Å². The molecule has 0 unspecified atom stereocenters. The van der Waals surface area contributed by atoms with Gasteiger partial charge in [0.25, 0.3) is 0 Å². The minimum atomic E-state index is -3.38. The van der Waals surface area contributed by atoms with E-state index in [-0.39, 0.29) is 6.61 Å². The summed E-state index contributed by atoms with van der Waals surface area (Å²) in [6.07, 6.45) is 0. The average Bonchev–Trinajstić information content (AvgIpc) is 2.50. The van der Waals surface area contributed by atoms with E-state index in [0.717, 1.165) is 4.47 Å². The van der Waals surface area contributed by atoms with Gasteiger partial charge in [-0.1, -0.05) is 34.1 Å². The molecule has 0 amide bonds. The summed E-state index contributed by atoms with van der Waals surface area (Å²) < 4.78 is 74.0. The maximum Gasteiger partial charge on any atom is 0.225 e. The summed E-state index contributed by atoms with van der Waals surface area (Å²) in [6, 6.07) is 7.01. The minimum absolute atomic E-state index is 0.0137. The van der Waals surface area contributed by atoms with Gasteiger partial charge in [0.05, 0.1) is 6.61 Å². The Balaban J connectivity index is 2.39. The van der Waals surface area contributed by atoms with Gasteiger partial charge in [0, 0.05) is 9.66 Å². The van der Waals surface area contributed by atoms with Gasteiger partial charge >= 0.3 is 0 Å². The summed E-state index contributed by atoms with van der Waals surface area (Å²) in [5.41, 5.74) is 0.706. The number of halogens is 6. The van der Waals surface area contributed by atoms with Crippen LogP contribution in [0.15, 0.2) is 28.7 Å². The second-order valence-electron chi connectivity index (χ2n) is 5.34. The van der Waals surface area contributed by atoms with Gasteiger partial charge in [-0.25, -0.2) is 22.0 Å². The molecule has 2 rings (SSSR count). The molecule has 0 aromatic heterocycles. The topological polar surface area (TPSA) is 9.23 Å². The van der Waals surface area contributed by atoms with Crippen LogP contribution in [0.1, 0.15) is 5.56 Å². The fourth-order valence-corrected chi connectivity index (χ4v) is 4.42. The lowest BCUT2D eigenvalue weighted by molar-refractivity contribution is 0.299. The largest absolute Gasteiger partial charge is 0.408 e. The van der Waals surface area contributed by atoms with E-state index >= 15 is 0 Å². The average molecular weight is 411 g/mol. The third kappa shape index (κ3) is 3.48. The fourth-order valence-electron chi connectivity index (χ4n) is 2.08. The lowest BCUT2D eigenvalue weighted by atomic mass is 10.2. The van der Waals surface area contributed by atoms with E-state index in [4.69, 9.17) is 4.43 Å². The molecule has 0 aliphatic rings. The molecule has 0 heterocycles. The molecule has 2 aromatic rings. The highest BCUT2D eigenvalue weighted by Gasteiger charge is 2.38. The van der Waals surface area contributed by atoms with Crippen LogP contribution in [0.5, 0.6) is 0 Å². The molecule has 0 radical (unpaired) electrons. The highest BCUT2D eigenvalue weighted by molar-refractivity contribution is 9.10.